The maximum atomic E-state index is 12.8. The third-order valence-corrected chi connectivity index (χ3v) is 4.71. The number of amides is 1. The quantitative estimate of drug-likeness (QED) is 0.735. The number of carbonyl (C=O) groups excluding carboxylic acids is 2. The molecule has 4 rings (SSSR count). The second-order valence-electron chi connectivity index (χ2n) is 6.65. The van der Waals surface area contributed by atoms with Crippen LogP contribution in [0.1, 0.15) is 36.5 Å². The van der Waals surface area contributed by atoms with Crippen LogP contribution >= 0.6 is 0 Å². The minimum Gasteiger partial charge on any atom is -0.503 e. The van der Waals surface area contributed by atoms with Gasteiger partial charge in [-0.1, -0.05) is 13.0 Å². The van der Waals surface area contributed by atoms with Gasteiger partial charge in [-0.3, -0.25) is 14.5 Å². The highest BCUT2D eigenvalue weighted by Gasteiger charge is 2.46. The maximum Gasteiger partial charge on any atom is 0.296 e. The summed E-state index contributed by atoms with van der Waals surface area (Å²) >= 11 is 0. The number of rotatable bonds is 4. The van der Waals surface area contributed by atoms with Crippen molar-refractivity contribution in [3.63, 3.8) is 0 Å². The third kappa shape index (κ3) is 2.63. The number of furan rings is 1. The van der Waals surface area contributed by atoms with Crippen LogP contribution in [-0.4, -0.2) is 26.8 Å². The van der Waals surface area contributed by atoms with Gasteiger partial charge in [0.05, 0.1) is 16.6 Å². The first kappa shape index (κ1) is 17.1. The fourth-order valence-corrected chi connectivity index (χ4v) is 3.39. The van der Waals surface area contributed by atoms with Crippen LogP contribution in [0.3, 0.4) is 0 Å². The van der Waals surface area contributed by atoms with E-state index in [1.807, 2.05) is 25.1 Å². The summed E-state index contributed by atoms with van der Waals surface area (Å²) in [5, 5.41) is 10.4. The number of carbonyl (C=O) groups is 2. The zero-order valence-corrected chi connectivity index (χ0v) is 15.2. The SMILES string of the molecule is CCC(=O)C1=C(O)C(=O)N(c2nc3ccc(C)cc3[nH]2)C1c1ccc(C)o1. The molecule has 0 saturated heterocycles. The number of hydrogen-bond acceptors (Lipinski definition) is 5. The molecule has 1 amide bonds. The summed E-state index contributed by atoms with van der Waals surface area (Å²) < 4.78 is 5.70. The minimum absolute atomic E-state index is 0.0356. The Morgan fingerprint density at radius 2 is 2.07 bits per heavy atom. The molecule has 1 aromatic carbocycles. The molecule has 7 heteroatoms. The molecule has 2 N–H and O–H groups in total. The number of hydrogen-bond donors (Lipinski definition) is 2. The van der Waals surface area contributed by atoms with E-state index in [1.165, 1.54) is 4.90 Å². The smallest absolute Gasteiger partial charge is 0.296 e. The number of Topliss-reactive ketones (excluding diaryl/α,β-unsaturated/α-hetero) is 1. The molecule has 0 fully saturated rings. The van der Waals surface area contributed by atoms with Crippen LogP contribution in [0.2, 0.25) is 0 Å². The van der Waals surface area contributed by atoms with Gasteiger partial charge in [-0.2, -0.15) is 0 Å². The lowest BCUT2D eigenvalue weighted by atomic mass is 10.00. The standard InChI is InChI=1S/C20H19N3O4/c1-4-14(24)16-17(15-8-6-11(3)27-15)23(19(26)18(16)25)20-21-12-7-5-10(2)9-13(12)22-20/h5-9,17,25H,4H2,1-3H3,(H,21,22). The number of imidazole rings is 1. The normalized spacial score (nSPS) is 17.4. The summed E-state index contributed by atoms with van der Waals surface area (Å²) in [5.74, 6) is -0.246. The monoisotopic (exact) mass is 365 g/mol. The third-order valence-electron chi connectivity index (χ3n) is 4.71. The number of fused-ring (bicyclic) bond motifs is 1. The van der Waals surface area contributed by atoms with Gasteiger partial charge in [0, 0.05) is 6.42 Å². The van der Waals surface area contributed by atoms with E-state index in [0.717, 1.165) is 11.1 Å². The Balaban J connectivity index is 1.89. The molecule has 0 bridgehead atoms. The number of nitrogens with one attached hydrogen (secondary N) is 1. The number of aliphatic hydroxyl groups is 1. The molecule has 2 aromatic heterocycles. The van der Waals surface area contributed by atoms with Gasteiger partial charge >= 0.3 is 0 Å². The number of aliphatic hydroxyl groups excluding tert-OH is 1. The minimum atomic E-state index is -0.861. The fourth-order valence-electron chi connectivity index (χ4n) is 3.39. The molecule has 0 spiro atoms. The van der Waals surface area contributed by atoms with Gasteiger partial charge < -0.3 is 14.5 Å². The van der Waals surface area contributed by atoms with Crippen molar-refractivity contribution in [1.82, 2.24) is 9.97 Å². The average molecular weight is 365 g/mol. The topological polar surface area (TPSA) is 99.4 Å². The highest BCUT2D eigenvalue weighted by atomic mass is 16.3. The summed E-state index contributed by atoms with van der Waals surface area (Å²) in [6.07, 6.45) is 0.163. The molecule has 1 unspecified atom stereocenters. The number of benzene rings is 1. The van der Waals surface area contributed by atoms with Gasteiger partial charge in [-0.25, -0.2) is 4.98 Å². The van der Waals surface area contributed by atoms with Crippen LogP contribution in [0, 0.1) is 13.8 Å². The summed E-state index contributed by atoms with van der Waals surface area (Å²) in [6.45, 7) is 5.42. The molecular formula is C20H19N3O4. The van der Waals surface area contributed by atoms with E-state index in [-0.39, 0.29) is 23.7 Å². The van der Waals surface area contributed by atoms with Gasteiger partial charge in [-0.15, -0.1) is 0 Å². The van der Waals surface area contributed by atoms with Crippen molar-refractivity contribution < 1.29 is 19.1 Å². The second kappa shape index (κ2) is 6.12. The predicted octanol–water partition coefficient (Wildman–Crippen LogP) is 3.65. The number of H-pyrrole nitrogens is 1. The van der Waals surface area contributed by atoms with Crippen molar-refractivity contribution in [3.8, 4) is 0 Å². The molecule has 3 heterocycles. The van der Waals surface area contributed by atoms with Gasteiger partial charge in [0.15, 0.2) is 11.5 Å². The number of nitrogens with zero attached hydrogens (tertiary/aromatic N) is 2. The zero-order valence-electron chi connectivity index (χ0n) is 15.2. The summed E-state index contributed by atoms with van der Waals surface area (Å²) in [4.78, 5) is 34.2. The lowest BCUT2D eigenvalue weighted by Crippen LogP contribution is -2.31. The van der Waals surface area contributed by atoms with Gasteiger partial charge in [0.1, 0.15) is 17.6 Å². The molecule has 27 heavy (non-hydrogen) atoms. The van der Waals surface area contributed by atoms with E-state index in [2.05, 4.69) is 9.97 Å². The lowest BCUT2D eigenvalue weighted by molar-refractivity contribution is -0.118. The number of ketones is 1. The first-order chi connectivity index (χ1) is 12.9. The molecule has 3 aromatic rings. The summed E-state index contributed by atoms with van der Waals surface area (Å²) in [6, 6.07) is 8.29. The Morgan fingerprint density at radius 1 is 1.30 bits per heavy atom. The largest absolute Gasteiger partial charge is 0.503 e. The highest BCUT2D eigenvalue weighted by molar-refractivity contribution is 6.16. The van der Waals surface area contributed by atoms with E-state index in [4.69, 9.17) is 4.42 Å². The van der Waals surface area contributed by atoms with E-state index in [1.54, 1.807) is 26.0 Å². The Bertz CT molecular complexity index is 1110. The Labute approximate surface area is 155 Å². The van der Waals surface area contributed by atoms with Crippen LogP contribution in [0.5, 0.6) is 0 Å². The van der Waals surface area contributed by atoms with Crippen LogP contribution in [0.15, 0.2) is 46.1 Å². The first-order valence-electron chi connectivity index (χ1n) is 8.73. The van der Waals surface area contributed by atoms with E-state index < -0.39 is 17.7 Å². The lowest BCUT2D eigenvalue weighted by Gasteiger charge is -2.22. The van der Waals surface area contributed by atoms with Gasteiger partial charge in [0.25, 0.3) is 5.91 Å². The van der Waals surface area contributed by atoms with E-state index in [9.17, 15) is 14.7 Å². The highest BCUT2D eigenvalue weighted by Crippen LogP contribution is 2.41. The van der Waals surface area contributed by atoms with Crippen LogP contribution in [0.25, 0.3) is 11.0 Å². The van der Waals surface area contributed by atoms with Crippen molar-refractivity contribution in [2.45, 2.75) is 33.2 Å². The van der Waals surface area contributed by atoms with Crippen LogP contribution in [-0.2, 0) is 9.59 Å². The van der Waals surface area contributed by atoms with Crippen molar-refractivity contribution in [1.29, 1.82) is 0 Å². The van der Waals surface area contributed by atoms with Gasteiger partial charge in [-0.05, 0) is 43.7 Å². The number of aromatic amines is 1. The number of aromatic nitrogens is 2. The maximum absolute atomic E-state index is 12.8. The molecule has 1 atom stereocenters. The molecule has 0 saturated carbocycles. The fraction of sp³-hybridized carbons (Fsp3) is 0.250. The Hall–Kier alpha value is -3.35. The van der Waals surface area contributed by atoms with E-state index in [0.29, 0.717) is 17.0 Å². The molecule has 138 valence electrons. The molecule has 1 aliphatic rings. The van der Waals surface area contributed by atoms with Crippen molar-refractivity contribution in [3.05, 3.63) is 58.7 Å². The predicted molar refractivity (Wildman–Crippen MR) is 99.5 cm³/mol. The molecule has 1 aliphatic heterocycles. The molecule has 0 radical (unpaired) electrons. The Kier molecular flexibility index (Phi) is 3.87. The average Bonchev–Trinajstić information content (AvgIpc) is 3.31. The van der Waals surface area contributed by atoms with Crippen molar-refractivity contribution >= 4 is 28.7 Å². The summed E-state index contributed by atoms with van der Waals surface area (Å²) in [7, 11) is 0. The van der Waals surface area contributed by atoms with Crippen molar-refractivity contribution in [2.75, 3.05) is 4.90 Å². The summed E-state index contributed by atoms with van der Waals surface area (Å²) in [5.41, 5.74) is 2.54. The number of aryl methyl sites for hydroxylation is 2. The zero-order chi connectivity index (χ0) is 19.3. The van der Waals surface area contributed by atoms with Crippen molar-refractivity contribution in [2.24, 2.45) is 0 Å². The van der Waals surface area contributed by atoms with Gasteiger partial charge in [0.2, 0.25) is 5.95 Å². The second-order valence-corrected chi connectivity index (χ2v) is 6.65. The molecule has 7 nitrogen and oxygen atoms in total. The molecule has 0 aliphatic carbocycles. The number of anilines is 1. The van der Waals surface area contributed by atoms with E-state index >= 15 is 0 Å². The Morgan fingerprint density at radius 3 is 2.74 bits per heavy atom. The first-order valence-corrected chi connectivity index (χ1v) is 8.73. The van der Waals surface area contributed by atoms with Crippen LogP contribution in [0.4, 0.5) is 5.95 Å². The molecular weight excluding hydrogens is 346 g/mol. The van der Waals surface area contributed by atoms with Crippen LogP contribution < -0.4 is 4.90 Å².